The first kappa shape index (κ1) is 20.9. The minimum absolute atomic E-state index is 0. The summed E-state index contributed by atoms with van der Waals surface area (Å²) in [6.45, 7) is 1.36. The SMILES string of the molecule is CN=C(NCc1ccc(F)cc1)NCC(c1cccs1)N(C)C.I. The highest BCUT2D eigenvalue weighted by atomic mass is 127. The fraction of sp³-hybridized carbons (Fsp3) is 0.353. The van der Waals surface area contributed by atoms with Crippen LogP contribution in [0.4, 0.5) is 4.39 Å². The van der Waals surface area contributed by atoms with Crippen molar-refractivity contribution in [2.75, 3.05) is 27.7 Å². The van der Waals surface area contributed by atoms with Crippen molar-refractivity contribution in [2.45, 2.75) is 12.6 Å². The molecule has 132 valence electrons. The Morgan fingerprint density at radius 3 is 2.46 bits per heavy atom. The van der Waals surface area contributed by atoms with Gasteiger partial charge in [-0.1, -0.05) is 18.2 Å². The van der Waals surface area contributed by atoms with Gasteiger partial charge in [0.2, 0.25) is 0 Å². The van der Waals surface area contributed by atoms with Crippen LogP contribution in [0.5, 0.6) is 0 Å². The summed E-state index contributed by atoms with van der Waals surface area (Å²) in [6, 6.07) is 11.0. The second-order valence-electron chi connectivity index (χ2n) is 5.43. The van der Waals surface area contributed by atoms with E-state index in [0.717, 1.165) is 18.1 Å². The van der Waals surface area contributed by atoms with Gasteiger partial charge in [-0.2, -0.15) is 0 Å². The molecule has 0 aliphatic carbocycles. The van der Waals surface area contributed by atoms with Crippen LogP contribution in [0, 0.1) is 5.82 Å². The van der Waals surface area contributed by atoms with Crippen molar-refractivity contribution in [3.63, 3.8) is 0 Å². The Morgan fingerprint density at radius 2 is 1.92 bits per heavy atom. The van der Waals surface area contributed by atoms with Crippen molar-refractivity contribution < 1.29 is 4.39 Å². The number of hydrogen-bond donors (Lipinski definition) is 2. The van der Waals surface area contributed by atoms with Crippen molar-refractivity contribution in [1.29, 1.82) is 0 Å². The van der Waals surface area contributed by atoms with Gasteiger partial charge in [0.25, 0.3) is 0 Å². The van der Waals surface area contributed by atoms with Crippen LogP contribution in [-0.2, 0) is 6.54 Å². The number of likely N-dealkylation sites (N-methyl/N-ethyl adjacent to an activating group) is 1. The van der Waals surface area contributed by atoms with E-state index in [9.17, 15) is 4.39 Å². The van der Waals surface area contributed by atoms with E-state index < -0.39 is 0 Å². The number of hydrogen-bond acceptors (Lipinski definition) is 3. The summed E-state index contributed by atoms with van der Waals surface area (Å²) in [6.07, 6.45) is 0. The number of aliphatic imine (C=N–C) groups is 1. The molecule has 2 aromatic rings. The number of thiophene rings is 1. The third-order valence-electron chi connectivity index (χ3n) is 3.55. The van der Waals surface area contributed by atoms with Gasteiger partial charge < -0.3 is 15.5 Å². The molecule has 0 aliphatic heterocycles. The average molecular weight is 462 g/mol. The highest BCUT2D eigenvalue weighted by molar-refractivity contribution is 14.0. The fourth-order valence-electron chi connectivity index (χ4n) is 2.22. The summed E-state index contributed by atoms with van der Waals surface area (Å²) in [5.41, 5.74) is 1.01. The lowest BCUT2D eigenvalue weighted by atomic mass is 10.2. The van der Waals surface area contributed by atoms with Crippen molar-refractivity contribution in [3.05, 3.63) is 58.0 Å². The second-order valence-corrected chi connectivity index (χ2v) is 6.41. The van der Waals surface area contributed by atoms with Gasteiger partial charge in [-0.05, 0) is 43.2 Å². The molecule has 0 fully saturated rings. The molecule has 2 rings (SSSR count). The molecule has 2 N–H and O–H groups in total. The zero-order valence-electron chi connectivity index (χ0n) is 14.1. The van der Waals surface area contributed by atoms with Crippen LogP contribution >= 0.6 is 35.3 Å². The Hall–Kier alpha value is -1.19. The summed E-state index contributed by atoms with van der Waals surface area (Å²) in [5.74, 6) is 0.513. The van der Waals surface area contributed by atoms with E-state index >= 15 is 0 Å². The summed E-state index contributed by atoms with van der Waals surface area (Å²) in [5, 5.41) is 8.69. The molecule has 4 nitrogen and oxygen atoms in total. The maximum Gasteiger partial charge on any atom is 0.191 e. The van der Waals surface area contributed by atoms with Gasteiger partial charge in [-0.15, -0.1) is 35.3 Å². The molecule has 1 atom stereocenters. The second kappa shape index (κ2) is 10.6. The predicted molar refractivity (Wildman–Crippen MR) is 111 cm³/mol. The van der Waals surface area contributed by atoms with E-state index in [0.29, 0.717) is 12.6 Å². The van der Waals surface area contributed by atoms with Gasteiger partial charge >= 0.3 is 0 Å². The van der Waals surface area contributed by atoms with Crippen LogP contribution in [0.15, 0.2) is 46.8 Å². The summed E-state index contributed by atoms with van der Waals surface area (Å²) >= 11 is 1.75. The Balaban J connectivity index is 0.00000288. The maximum atomic E-state index is 12.9. The molecular weight excluding hydrogens is 438 g/mol. The van der Waals surface area contributed by atoms with Crippen LogP contribution in [0.2, 0.25) is 0 Å². The third-order valence-corrected chi connectivity index (χ3v) is 4.53. The van der Waals surface area contributed by atoms with E-state index in [1.54, 1.807) is 30.5 Å². The average Bonchev–Trinajstić information content (AvgIpc) is 3.06. The molecule has 1 heterocycles. The smallest absolute Gasteiger partial charge is 0.191 e. The summed E-state index contributed by atoms with van der Waals surface area (Å²) in [4.78, 5) is 7.74. The monoisotopic (exact) mass is 462 g/mol. The van der Waals surface area contributed by atoms with Crippen molar-refractivity contribution in [2.24, 2.45) is 4.99 Å². The van der Waals surface area contributed by atoms with Crippen molar-refractivity contribution in [3.8, 4) is 0 Å². The molecule has 1 unspecified atom stereocenters. The van der Waals surface area contributed by atoms with Crippen molar-refractivity contribution >= 4 is 41.3 Å². The first-order valence-corrected chi connectivity index (χ1v) is 8.37. The molecule has 0 aliphatic rings. The zero-order chi connectivity index (χ0) is 16.7. The molecule has 0 saturated heterocycles. The lowest BCUT2D eigenvalue weighted by molar-refractivity contribution is 0.302. The van der Waals surface area contributed by atoms with Gasteiger partial charge in [0.15, 0.2) is 5.96 Å². The highest BCUT2D eigenvalue weighted by Crippen LogP contribution is 2.22. The molecular formula is C17H24FIN4S. The molecule has 7 heteroatoms. The maximum absolute atomic E-state index is 12.9. The van der Waals surface area contributed by atoms with E-state index in [4.69, 9.17) is 0 Å². The number of nitrogens with zero attached hydrogens (tertiary/aromatic N) is 2. The van der Waals surface area contributed by atoms with Crippen LogP contribution in [0.3, 0.4) is 0 Å². The van der Waals surface area contributed by atoms with Gasteiger partial charge in [0.05, 0.1) is 6.04 Å². The zero-order valence-corrected chi connectivity index (χ0v) is 17.3. The van der Waals surface area contributed by atoms with Crippen LogP contribution in [-0.4, -0.2) is 38.5 Å². The minimum Gasteiger partial charge on any atom is -0.354 e. The minimum atomic E-state index is -0.221. The van der Waals surface area contributed by atoms with E-state index in [1.165, 1.54) is 17.0 Å². The summed E-state index contributed by atoms with van der Waals surface area (Å²) < 4.78 is 12.9. The fourth-order valence-corrected chi connectivity index (χ4v) is 3.14. The van der Waals surface area contributed by atoms with Crippen molar-refractivity contribution in [1.82, 2.24) is 15.5 Å². The van der Waals surface area contributed by atoms with Crippen LogP contribution in [0.25, 0.3) is 0 Å². The molecule has 0 spiro atoms. The predicted octanol–water partition coefficient (Wildman–Crippen LogP) is 3.47. The Morgan fingerprint density at radius 1 is 1.21 bits per heavy atom. The number of rotatable bonds is 6. The molecule has 0 saturated carbocycles. The standard InChI is InChI=1S/C17H23FN4S.HI/c1-19-17(20-11-13-6-8-14(18)9-7-13)21-12-15(22(2)3)16-5-4-10-23-16;/h4-10,15H,11-12H2,1-3H3,(H2,19,20,21);1H. The Bertz CT molecular complexity index is 614. The van der Waals surface area contributed by atoms with Crippen LogP contribution in [0.1, 0.15) is 16.5 Å². The van der Waals surface area contributed by atoms with Gasteiger partial charge in [-0.25, -0.2) is 4.39 Å². The molecule has 0 amide bonds. The van der Waals surface area contributed by atoms with Gasteiger partial charge in [-0.3, -0.25) is 4.99 Å². The Labute approximate surface area is 164 Å². The number of guanidine groups is 1. The molecule has 24 heavy (non-hydrogen) atoms. The van der Waals surface area contributed by atoms with Gasteiger partial charge in [0.1, 0.15) is 5.82 Å². The van der Waals surface area contributed by atoms with Crippen LogP contribution < -0.4 is 10.6 Å². The van der Waals surface area contributed by atoms with E-state index in [-0.39, 0.29) is 29.8 Å². The lowest BCUT2D eigenvalue weighted by Gasteiger charge is -2.24. The largest absolute Gasteiger partial charge is 0.354 e. The van der Waals surface area contributed by atoms with E-state index in [1.807, 2.05) is 0 Å². The third kappa shape index (κ3) is 6.37. The number of nitrogens with one attached hydrogen (secondary N) is 2. The lowest BCUT2D eigenvalue weighted by Crippen LogP contribution is -2.41. The topological polar surface area (TPSA) is 39.7 Å². The normalized spacial score (nSPS) is 12.6. The number of benzene rings is 1. The van der Waals surface area contributed by atoms with E-state index in [2.05, 4.69) is 52.1 Å². The first-order valence-electron chi connectivity index (χ1n) is 7.49. The first-order chi connectivity index (χ1) is 11.1. The molecule has 1 aromatic carbocycles. The summed E-state index contributed by atoms with van der Waals surface area (Å²) in [7, 11) is 5.89. The Kier molecular flexibility index (Phi) is 9.24. The molecule has 0 radical (unpaired) electrons. The molecule has 1 aromatic heterocycles. The number of halogens is 2. The molecule has 0 bridgehead atoms. The highest BCUT2D eigenvalue weighted by Gasteiger charge is 2.15. The quantitative estimate of drug-likeness (QED) is 0.393. The van der Waals surface area contributed by atoms with Gasteiger partial charge in [0, 0.05) is 25.0 Å².